The standard InChI is InChI=1S/C13H22N2O3S/c1-2-11-9-15(7-8-19-11)13(18)14-5-3-10(4-6-14)12(16)17/h10-11H,2-9H2,1H3,(H,16,17). The van der Waals surface area contributed by atoms with Crippen molar-refractivity contribution in [3.63, 3.8) is 0 Å². The molecule has 5 nitrogen and oxygen atoms in total. The Morgan fingerprint density at radius 1 is 1.21 bits per heavy atom. The Morgan fingerprint density at radius 2 is 1.89 bits per heavy atom. The molecular weight excluding hydrogens is 264 g/mol. The van der Waals surface area contributed by atoms with Crippen LogP contribution in [0.1, 0.15) is 26.2 Å². The van der Waals surface area contributed by atoms with Gasteiger partial charge in [-0.05, 0) is 19.3 Å². The van der Waals surface area contributed by atoms with Gasteiger partial charge in [0.25, 0.3) is 0 Å². The summed E-state index contributed by atoms with van der Waals surface area (Å²) in [4.78, 5) is 27.0. The Bertz CT molecular complexity index is 343. The van der Waals surface area contributed by atoms with Crippen molar-refractivity contribution in [2.75, 3.05) is 31.9 Å². The van der Waals surface area contributed by atoms with Gasteiger partial charge in [-0.1, -0.05) is 6.92 Å². The van der Waals surface area contributed by atoms with E-state index in [1.54, 1.807) is 0 Å². The van der Waals surface area contributed by atoms with Crippen molar-refractivity contribution in [1.29, 1.82) is 0 Å². The number of piperidine rings is 1. The van der Waals surface area contributed by atoms with E-state index in [1.807, 2.05) is 21.6 Å². The van der Waals surface area contributed by atoms with Crippen molar-refractivity contribution in [2.24, 2.45) is 5.92 Å². The second kappa shape index (κ2) is 6.50. The maximum absolute atomic E-state index is 12.4. The van der Waals surface area contributed by atoms with Crippen molar-refractivity contribution in [3.05, 3.63) is 0 Å². The van der Waals surface area contributed by atoms with E-state index in [-0.39, 0.29) is 11.9 Å². The maximum Gasteiger partial charge on any atom is 0.320 e. The van der Waals surface area contributed by atoms with E-state index >= 15 is 0 Å². The van der Waals surface area contributed by atoms with Gasteiger partial charge in [-0.3, -0.25) is 4.79 Å². The van der Waals surface area contributed by atoms with E-state index in [2.05, 4.69) is 6.92 Å². The molecule has 1 N–H and O–H groups in total. The molecule has 2 aliphatic rings. The number of rotatable bonds is 2. The SMILES string of the molecule is CCC1CN(C(=O)N2CCC(C(=O)O)CC2)CCS1. The lowest BCUT2D eigenvalue weighted by Gasteiger charge is -2.38. The van der Waals surface area contributed by atoms with Crippen molar-refractivity contribution >= 4 is 23.8 Å². The van der Waals surface area contributed by atoms with Gasteiger partial charge in [-0.15, -0.1) is 0 Å². The Balaban J connectivity index is 1.85. The molecule has 0 bridgehead atoms. The topological polar surface area (TPSA) is 60.9 Å². The number of urea groups is 1. The van der Waals surface area contributed by atoms with Crippen molar-refractivity contribution < 1.29 is 14.7 Å². The smallest absolute Gasteiger partial charge is 0.320 e. The van der Waals surface area contributed by atoms with Crippen LogP contribution in [0, 0.1) is 5.92 Å². The normalized spacial score (nSPS) is 25.4. The molecule has 2 saturated heterocycles. The molecule has 0 saturated carbocycles. The third-order valence-electron chi connectivity index (χ3n) is 3.98. The third-order valence-corrected chi connectivity index (χ3v) is 5.35. The number of hydrogen-bond acceptors (Lipinski definition) is 3. The van der Waals surface area contributed by atoms with Crippen LogP contribution in [0.3, 0.4) is 0 Å². The van der Waals surface area contributed by atoms with Crippen molar-refractivity contribution in [2.45, 2.75) is 31.4 Å². The maximum atomic E-state index is 12.4. The van der Waals surface area contributed by atoms with Crippen LogP contribution >= 0.6 is 11.8 Å². The van der Waals surface area contributed by atoms with Gasteiger partial charge in [0.2, 0.25) is 0 Å². The number of carboxylic acids is 1. The van der Waals surface area contributed by atoms with Crippen LogP contribution in [0.5, 0.6) is 0 Å². The number of carboxylic acid groups (broad SMARTS) is 1. The Hall–Kier alpha value is -0.910. The number of hydrogen-bond donors (Lipinski definition) is 1. The zero-order chi connectivity index (χ0) is 13.8. The molecule has 108 valence electrons. The fourth-order valence-corrected chi connectivity index (χ4v) is 3.84. The number of carbonyl (C=O) groups excluding carboxylic acids is 1. The monoisotopic (exact) mass is 286 g/mol. The van der Waals surface area contributed by atoms with E-state index in [9.17, 15) is 9.59 Å². The molecule has 2 aliphatic heterocycles. The molecule has 0 radical (unpaired) electrons. The van der Waals surface area contributed by atoms with Gasteiger partial charge in [-0.25, -0.2) is 4.79 Å². The largest absolute Gasteiger partial charge is 0.481 e. The highest BCUT2D eigenvalue weighted by molar-refractivity contribution is 8.00. The average Bonchev–Trinajstić information content (AvgIpc) is 2.46. The Labute approximate surface area is 118 Å². The lowest BCUT2D eigenvalue weighted by Crippen LogP contribution is -2.51. The first-order valence-corrected chi connectivity index (χ1v) is 8.05. The third kappa shape index (κ3) is 3.55. The van der Waals surface area contributed by atoms with Gasteiger partial charge in [0, 0.05) is 37.2 Å². The molecule has 2 rings (SSSR count). The van der Waals surface area contributed by atoms with Crippen LogP contribution in [-0.4, -0.2) is 64.1 Å². The summed E-state index contributed by atoms with van der Waals surface area (Å²) in [5.74, 6) is 0.00686. The second-order valence-corrected chi connectivity index (χ2v) is 6.64. The minimum atomic E-state index is -0.729. The van der Waals surface area contributed by atoms with Crippen LogP contribution in [0.25, 0.3) is 0 Å². The predicted octanol–water partition coefficient (Wildman–Crippen LogP) is 1.73. The van der Waals surface area contributed by atoms with Crippen molar-refractivity contribution in [1.82, 2.24) is 9.80 Å². The van der Waals surface area contributed by atoms with Crippen LogP contribution in [0.4, 0.5) is 4.79 Å². The molecule has 1 atom stereocenters. The molecule has 6 heteroatoms. The number of aliphatic carboxylic acids is 1. The zero-order valence-corrected chi connectivity index (χ0v) is 12.2. The van der Waals surface area contributed by atoms with Gasteiger partial charge in [0.15, 0.2) is 0 Å². The number of nitrogens with zero attached hydrogens (tertiary/aromatic N) is 2. The minimum Gasteiger partial charge on any atom is -0.481 e. The second-order valence-electron chi connectivity index (χ2n) is 5.23. The van der Waals surface area contributed by atoms with E-state index in [0.29, 0.717) is 31.2 Å². The lowest BCUT2D eigenvalue weighted by molar-refractivity contribution is -0.143. The first kappa shape index (κ1) is 14.5. The summed E-state index contributed by atoms with van der Waals surface area (Å²) in [6.45, 7) is 4.97. The molecule has 1 unspecified atom stereocenters. The summed E-state index contributed by atoms with van der Waals surface area (Å²) in [5, 5.41) is 9.51. The number of likely N-dealkylation sites (tertiary alicyclic amines) is 1. The van der Waals surface area contributed by atoms with Gasteiger partial charge < -0.3 is 14.9 Å². The lowest BCUT2D eigenvalue weighted by atomic mass is 9.97. The van der Waals surface area contributed by atoms with Crippen molar-refractivity contribution in [3.8, 4) is 0 Å². The highest BCUT2D eigenvalue weighted by atomic mass is 32.2. The molecule has 0 aromatic rings. The number of carbonyl (C=O) groups is 2. The highest BCUT2D eigenvalue weighted by Crippen LogP contribution is 2.24. The fourth-order valence-electron chi connectivity index (χ4n) is 2.66. The van der Waals surface area contributed by atoms with E-state index < -0.39 is 5.97 Å². The molecular formula is C13H22N2O3S. The Kier molecular flexibility index (Phi) is 4.96. The van der Waals surface area contributed by atoms with Crippen LogP contribution < -0.4 is 0 Å². The minimum absolute atomic E-state index is 0.0996. The summed E-state index contributed by atoms with van der Waals surface area (Å²) >= 11 is 1.95. The van der Waals surface area contributed by atoms with Gasteiger partial charge >= 0.3 is 12.0 Å². The summed E-state index contributed by atoms with van der Waals surface area (Å²) in [7, 11) is 0. The molecule has 2 amide bonds. The van der Waals surface area contributed by atoms with Crippen LogP contribution in [0.2, 0.25) is 0 Å². The summed E-state index contributed by atoms with van der Waals surface area (Å²) < 4.78 is 0. The summed E-state index contributed by atoms with van der Waals surface area (Å²) in [6, 6.07) is 0.0996. The quantitative estimate of drug-likeness (QED) is 0.840. The number of thioether (sulfide) groups is 1. The molecule has 2 fully saturated rings. The molecule has 0 spiro atoms. The molecule has 0 aliphatic carbocycles. The van der Waals surface area contributed by atoms with Crippen LogP contribution in [-0.2, 0) is 4.79 Å². The van der Waals surface area contributed by atoms with E-state index in [1.165, 1.54) is 0 Å². The molecule has 19 heavy (non-hydrogen) atoms. The van der Waals surface area contributed by atoms with E-state index in [4.69, 9.17) is 5.11 Å². The van der Waals surface area contributed by atoms with Gasteiger partial charge in [0.05, 0.1) is 5.92 Å². The van der Waals surface area contributed by atoms with Gasteiger partial charge in [-0.2, -0.15) is 11.8 Å². The summed E-state index contributed by atoms with van der Waals surface area (Å²) in [6.07, 6.45) is 2.26. The average molecular weight is 286 g/mol. The van der Waals surface area contributed by atoms with E-state index in [0.717, 1.165) is 25.3 Å². The first-order valence-electron chi connectivity index (χ1n) is 7.00. The molecule has 0 aromatic carbocycles. The number of amides is 2. The predicted molar refractivity (Wildman–Crippen MR) is 75.4 cm³/mol. The molecule has 0 aromatic heterocycles. The fraction of sp³-hybridized carbons (Fsp3) is 0.846. The molecule has 2 heterocycles. The Morgan fingerprint density at radius 3 is 2.47 bits per heavy atom. The highest BCUT2D eigenvalue weighted by Gasteiger charge is 2.31. The summed E-state index contributed by atoms with van der Waals surface area (Å²) in [5.41, 5.74) is 0. The van der Waals surface area contributed by atoms with Gasteiger partial charge in [0.1, 0.15) is 0 Å². The zero-order valence-electron chi connectivity index (χ0n) is 11.4. The van der Waals surface area contributed by atoms with Crippen LogP contribution in [0.15, 0.2) is 0 Å². The first-order chi connectivity index (χ1) is 9.11.